The van der Waals surface area contributed by atoms with Gasteiger partial charge < -0.3 is 4.57 Å². The molecular weight excluding hydrogens is 390 g/mol. The summed E-state index contributed by atoms with van der Waals surface area (Å²) >= 11 is 0. The van der Waals surface area contributed by atoms with Gasteiger partial charge in [-0.05, 0) is 29.3 Å². The van der Waals surface area contributed by atoms with Gasteiger partial charge >= 0.3 is 0 Å². The fraction of sp³-hybridized carbons (Fsp3) is 0.130. The lowest BCUT2D eigenvalue weighted by molar-refractivity contribution is 0.647. The number of hydrogen-bond acceptors (Lipinski definition) is 4. The molecule has 0 amide bonds. The highest BCUT2D eigenvalue weighted by atomic mass is 16.1. The molecule has 8 heteroatoms. The molecule has 0 fully saturated rings. The van der Waals surface area contributed by atoms with Gasteiger partial charge in [-0.15, -0.1) is 0 Å². The van der Waals surface area contributed by atoms with Crippen LogP contribution in [0.2, 0.25) is 0 Å². The molecule has 4 aromatic heterocycles. The van der Waals surface area contributed by atoms with Crippen LogP contribution in [0.5, 0.6) is 0 Å². The van der Waals surface area contributed by atoms with Crippen LogP contribution in [0.1, 0.15) is 16.8 Å². The molecule has 152 valence electrons. The SMILES string of the molecule is Cn1c2cc(Cc3ccn[nH]3)ccc2c2cnn(Cc3cccc4[nH]ncc34)c(=O)c21. The maximum Gasteiger partial charge on any atom is 0.291 e. The zero-order valence-electron chi connectivity index (χ0n) is 16.8. The van der Waals surface area contributed by atoms with E-state index < -0.39 is 0 Å². The quantitative estimate of drug-likeness (QED) is 0.467. The van der Waals surface area contributed by atoms with E-state index in [2.05, 4.69) is 43.7 Å². The number of rotatable bonds is 4. The fourth-order valence-corrected chi connectivity index (χ4v) is 4.36. The summed E-state index contributed by atoms with van der Waals surface area (Å²) in [4.78, 5) is 13.4. The predicted molar refractivity (Wildman–Crippen MR) is 119 cm³/mol. The van der Waals surface area contributed by atoms with Crippen LogP contribution in [0.25, 0.3) is 32.7 Å². The average molecular weight is 409 g/mol. The molecule has 0 spiro atoms. The maximum atomic E-state index is 13.4. The molecule has 31 heavy (non-hydrogen) atoms. The van der Waals surface area contributed by atoms with Crippen LogP contribution in [-0.4, -0.2) is 34.7 Å². The third-order valence-electron chi connectivity index (χ3n) is 5.92. The number of aryl methyl sites for hydroxylation is 1. The first-order valence-corrected chi connectivity index (χ1v) is 10.1. The Morgan fingerprint density at radius 1 is 0.968 bits per heavy atom. The van der Waals surface area contributed by atoms with Crippen LogP contribution in [-0.2, 0) is 20.0 Å². The first kappa shape index (κ1) is 17.6. The molecule has 0 saturated heterocycles. The van der Waals surface area contributed by atoms with Gasteiger partial charge in [0.1, 0.15) is 5.52 Å². The Kier molecular flexibility index (Phi) is 3.79. The molecule has 0 unspecified atom stereocenters. The summed E-state index contributed by atoms with van der Waals surface area (Å²) in [6.07, 6.45) is 6.09. The lowest BCUT2D eigenvalue weighted by Gasteiger charge is -2.06. The van der Waals surface area contributed by atoms with Gasteiger partial charge in [0.25, 0.3) is 5.56 Å². The van der Waals surface area contributed by atoms with Gasteiger partial charge in [0.05, 0.1) is 24.5 Å². The molecule has 0 radical (unpaired) electrons. The Labute approximate surface area is 176 Å². The van der Waals surface area contributed by atoms with E-state index in [1.54, 1.807) is 18.6 Å². The monoisotopic (exact) mass is 409 g/mol. The highest BCUT2D eigenvalue weighted by molar-refractivity contribution is 6.07. The zero-order chi connectivity index (χ0) is 20.9. The van der Waals surface area contributed by atoms with Crippen LogP contribution < -0.4 is 5.56 Å². The summed E-state index contributed by atoms with van der Waals surface area (Å²) in [6, 6.07) is 14.2. The number of H-pyrrole nitrogens is 2. The van der Waals surface area contributed by atoms with Crippen molar-refractivity contribution in [2.24, 2.45) is 7.05 Å². The summed E-state index contributed by atoms with van der Waals surface area (Å²) in [5, 5.41) is 21.5. The lowest BCUT2D eigenvalue weighted by Crippen LogP contribution is -2.24. The summed E-state index contributed by atoms with van der Waals surface area (Å²) in [6.45, 7) is 0.387. The number of fused-ring (bicyclic) bond motifs is 4. The Balaban J connectivity index is 1.47. The minimum atomic E-state index is -0.105. The number of aromatic nitrogens is 7. The third-order valence-corrected chi connectivity index (χ3v) is 5.92. The topological polar surface area (TPSA) is 97.2 Å². The van der Waals surface area contributed by atoms with Crippen molar-refractivity contribution in [2.45, 2.75) is 13.0 Å². The number of nitrogens with one attached hydrogen (secondary N) is 2. The lowest BCUT2D eigenvalue weighted by atomic mass is 10.1. The molecular formula is C23H19N7O. The van der Waals surface area contributed by atoms with Gasteiger partial charge in [-0.2, -0.15) is 15.3 Å². The number of aromatic amines is 2. The van der Waals surface area contributed by atoms with E-state index in [1.807, 2.05) is 35.9 Å². The Morgan fingerprint density at radius 2 is 1.90 bits per heavy atom. The zero-order valence-corrected chi connectivity index (χ0v) is 16.8. The molecule has 8 nitrogen and oxygen atoms in total. The molecule has 0 aliphatic carbocycles. The van der Waals surface area contributed by atoms with Crippen molar-refractivity contribution in [3.8, 4) is 0 Å². The van der Waals surface area contributed by atoms with Crippen molar-refractivity contribution in [1.29, 1.82) is 0 Å². The summed E-state index contributed by atoms with van der Waals surface area (Å²) in [5.74, 6) is 0. The third kappa shape index (κ3) is 2.76. The Bertz CT molecular complexity index is 1620. The molecule has 4 heterocycles. The van der Waals surface area contributed by atoms with E-state index in [0.717, 1.165) is 50.4 Å². The highest BCUT2D eigenvalue weighted by Gasteiger charge is 2.15. The fourth-order valence-electron chi connectivity index (χ4n) is 4.36. The van der Waals surface area contributed by atoms with Crippen molar-refractivity contribution in [3.63, 3.8) is 0 Å². The van der Waals surface area contributed by atoms with Crippen LogP contribution in [0.3, 0.4) is 0 Å². The molecule has 0 aliphatic rings. The summed E-state index contributed by atoms with van der Waals surface area (Å²) in [7, 11) is 1.94. The molecule has 2 N–H and O–H groups in total. The summed E-state index contributed by atoms with van der Waals surface area (Å²) in [5.41, 5.74) is 5.72. The van der Waals surface area contributed by atoms with Crippen molar-refractivity contribution >= 4 is 32.7 Å². The largest absolute Gasteiger partial charge is 0.339 e. The smallest absolute Gasteiger partial charge is 0.291 e. The van der Waals surface area contributed by atoms with Crippen molar-refractivity contribution in [1.82, 2.24) is 34.7 Å². The van der Waals surface area contributed by atoms with Crippen LogP contribution in [0.15, 0.2) is 65.8 Å². The second-order valence-corrected chi connectivity index (χ2v) is 7.79. The molecule has 2 aromatic carbocycles. The van der Waals surface area contributed by atoms with Crippen LogP contribution in [0, 0.1) is 0 Å². The van der Waals surface area contributed by atoms with E-state index in [-0.39, 0.29) is 5.56 Å². The van der Waals surface area contributed by atoms with Gasteiger partial charge in [0.2, 0.25) is 0 Å². The second-order valence-electron chi connectivity index (χ2n) is 7.79. The molecule has 0 bridgehead atoms. The minimum Gasteiger partial charge on any atom is -0.339 e. The highest BCUT2D eigenvalue weighted by Crippen LogP contribution is 2.27. The van der Waals surface area contributed by atoms with Crippen LogP contribution >= 0.6 is 0 Å². The van der Waals surface area contributed by atoms with Gasteiger partial charge in [0.15, 0.2) is 0 Å². The van der Waals surface area contributed by atoms with Crippen molar-refractivity contribution in [3.05, 3.63) is 88.2 Å². The molecule has 0 saturated carbocycles. The molecule has 6 rings (SSSR count). The van der Waals surface area contributed by atoms with Crippen LogP contribution in [0.4, 0.5) is 0 Å². The van der Waals surface area contributed by atoms with Crippen molar-refractivity contribution < 1.29 is 0 Å². The van der Waals surface area contributed by atoms with Crippen molar-refractivity contribution in [2.75, 3.05) is 0 Å². The van der Waals surface area contributed by atoms with Gasteiger partial charge in [-0.25, -0.2) is 4.68 Å². The number of nitrogens with zero attached hydrogens (tertiary/aromatic N) is 5. The number of hydrogen-bond donors (Lipinski definition) is 2. The normalized spacial score (nSPS) is 11.8. The average Bonchev–Trinajstić information content (AvgIpc) is 3.51. The van der Waals surface area contributed by atoms with E-state index in [4.69, 9.17) is 0 Å². The Hall–Kier alpha value is -4.20. The van der Waals surface area contributed by atoms with E-state index in [1.165, 1.54) is 4.68 Å². The van der Waals surface area contributed by atoms with E-state index in [0.29, 0.717) is 12.1 Å². The standard InChI is InChI=1S/C23H19N7O/c1-29-21-10-14(9-16-7-8-24-27-16)5-6-17(21)19-12-26-30(23(31)22(19)29)13-15-3-2-4-20-18(15)11-25-28-20/h2-8,10-12H,9,13H2,1H3,(H,24,27)(H,25,28). The second kappa shape index (κ2) is 6.66. The van der Waals surface area contributed by atoms with Gasteiger partial charge in [-0.1, -0.05) is 24.3 Å². The first-order valence-electron chi connectivity index (χ1n) is 10.1. The number of benzene rings is 2. The molecule has 6 aromatic rings. The van der Waals surface area contributed by atoms with Gasteiger partial charge in [0, 0.05) is 47.0 Å². The maximum absolute atomic E-state index is 13.4. The predicted octanol–water partition coefficient (Wildman–Crippen LogP) is 3.13. The Morgan fingerprint density at radius 3 is 2.77 bits per heavy atom. The molecule has 0 aliphatic heterocycles. The minimum absolute atomic E-state index is 0.105. The molecule has 0 atom stereocenters. The van der Waals surface area contributed by atoms with E-state index >= 15 is 0 Å². The van der Waals surface area contributed by atoms with Gasteiger partial charge in [-0.3, -0.25) is 15.0 Å². The first-order chi connectivity index (χ1) is 15.2. The summed E-state index contributed by atoms with van der Waals surface area (Å²) < 4.78 is 3.49. The van der Waals surface area contributed by atoms with E-state index in [9.17, 15) is 4.79 Å².